The van der Waals surface area contributed by atoms with Crippen LogP contribution in [0.15, 0.2) is 36.4 Å². The van der Waals surface area contributed by atoms with E-state index in [1.54, 1.807) is 0 Å². The molecule has 4 nitrogen and oxygen atoms in total. The smallest absolute Gasteiger partial charge is 0.255 e. The van der Waals surface area contributed by atoms with Gasteiger partial charge in [-0.25, -0.2) is 0 Å². The molecule has 1 aromatic carbocycles. The molecule has 0 radical (unpaired) electrons. The number of nitrogens with zero attached hydrogens (tertiary/aromatic N) is 2. The number of aryl methyl sites for hydroxylation is 1. The monoisotopic (exact) mass is 373 g/mol. The first-order chi connectivity index (χ1) is 12.1. The Kier molecular flexibility index (Phi) is 5.44. The summed E-state index contributed by atoms with van der Waals surface area (Å²) in [6.45, 7) is 8.15. The Morgan fingerprint density at radius 3 is 2.38 bits per heavy atom. The van der Waals surface area contributed by atoms with E-state index in [1.165, 1.54) is 6.42 Å². The van der Waals surface area contributed by atoms with E-state index in [-0.39, 0.29) is 18.3 Å². The minimum Gasteiger partial charge on any atom is -0.339 e. The molecule has 1 N–H and O–H groups in total. The first-order valence-corrected chi connectivity index (χ1v) is 9.34. The predicted molar refractivity (Wildman–Crippen MR) is 108 cm³/mol. The molecule has 1 amide bonds. The van der Waals surface area contributed by atoms with Crippen LogP contribution in [0.1, 0.15) is 41.0 Å². The molecule has 1 aromatic heterocycles. The number of piperidine rings is 1. The van der Waals surface area contributed by atoms with Crippen molar-refractivity contribution >= 4 is 18.3 Å². The van der Waals surface area contributed by atoms with Crippen molar-refractivity contribution in [3.63, 3.8) is 0 Å². The third-order valence-electron chi connectivity index (χ3n) is 6.12. The van der Waals surface area contributed by atoms with Crippen LogP contribution in [0.2, 0.25) is 0 Å². The highest BCUT2D eigenvalue weighted by molar-refractivity contribution is 5.96. The van der Waals surface area contributed by atoms with E-state index in [4.69, 9.17) is 0 Å². The van der Waals surface area contributed by atoms with Crippen molar-refractivity contribution in [2.24, 2.45) is 5.41 Å². The van der Waals surface area contributed by atoms with Crippen molar-refractivity contribution < 1.29 is 4.79 Å². The molecule has 2 aliphatic heterocycles. The highest BCUT2D eigenvalue weighted by atomic mass is 35.5. The van der Waals surface area contributed by atoms with Gasteiger partial charge in [0.25, 0.3) is 5.91 Å². The molecule has 1 spiro atoms. The number of nitrogens with one attached hydrogen (secondary N) is 1. The van der Waals surface area contributed by atoms with E-state index >= 15 is 0 Å². The second-order valence-corrected chi connectivity index (χ2v) is 7.67. The number of carbonyl (C=O) groups is 1. The standard InChI is InChI=1S/C21H27N3O.ClH/c1-16-14-19(17(2)24(16)18-6-4-3-5-7-18)20(25)23-12-9-21(10-13-23)8-11-22-15-21;/h3-7,14,22H,8-13,15H2,1-2H3;1H. The number of carbonyl (C=O) groups excluding carboxylic acids is 1. The summed E-state index contributed by atoms with van der Waals surface area (Å²) in [5.74, 6) is 0.191. The average molecular weight is 374 g/mol. The van der Waals surface area contributed by atoms with Crippen LogP contribution in [-0.2, 0) is 0 Å². The number of benzene rings is 1. The maximum absolute atomic E-state index is 13.1. The largest absolute Gasteiger partial charge is 0.339 e. The fraction of sp³-hybridized carbons (Fsp3) is 0.476. The summed E-state index contributed by atoms with van der Waals surface area (Å²) in [4.78, 5) is 15.2. The lowest BCUT2D eigenvalue weighted by molar-refractivity contribution is 0.0607. The fourth-order valence-corrected chi connectivity index (χ4v) is 4.53. The second kappa shape index (κ2) is 7.45. The van der Waals surface area contributed by atoms with Crippen LogP contribution in [0.5, 0.6) is 0 Å². The predicted octanol–water partition coefficient (Wildman–Crippen LogP) is 3.73. The summed E-state index contributed by atoms with van der Waals surface area (Å²) in [5, 5.41) is 3.49. The Labute approximate surface area is 162 Å². The van der Waals surface area contributed by atoms with Gasteiger partial charge in [-0.3, -0.25) is 4.79 Å². The summed E-state index contributed by atoms with van der Waals surface area (Å²) in [6, 6.07) is 12.3. The lowest BCUT2D eigenvalue weighted by Gasteiger charge is -2.38. The van der Waals surface area contributed by atoms with Crippen molar-refractivity contribution in [3.8, 4) is 5.69 Å². The number of rotatable bonds is 2. The van der Waals surface area contributed by atoms with Gasteiger partial charge in [0.15, 0.2) is 0 Å². The number of amides is 1. The molecule has 2 aromatic rings. The molecule has 140 valence electrons. The van der Waals surface area contributed by atoms with Crippen LogP contribution in [0, 0.1) is 19.3 Å². The third kappa shape index (κ3) is 3.28. The second-order valence-electron chi connectivity index (χ2n) is 7.67. The Morgan fingerprint density at radius 1 is 1.08 bits per heavy atom. The molecular weight excluding hydrogens is 346 g/mol. The first kappa shape index (κ1) is 19.0. The number of aromatic nitrogens is 1. The van der Waals surface area contributed by atoms with Gasteiger partial charge in [-0.1, -0.05) is 18.2 Å². The lowest BCUT2D eigenvalue weighted by atomic mass is 9.78. The number of hydrogen-bond donors (Lipinski definition) is 1. The zero-order valence-electron chi connectivity index (χ0n) is 15.6. The SMILES string of the molecule is Cc1cc(C(=O)N2CCC3(CCNC3)CC2)c(C)n1-c1ccccc1.Cl. The van der Waals surface area contributed by atoms with Crippen LogP contribution in [0.4, 0.5) is 0 Å². The maximum atomic E-state index is 13.1. The van der Waals surface area contributed by atoms with Gasteiger partial charge < -0.3 is 14.8 Å². The molecule has 0 bridgehead atoms. The zero-order chi connectivity index (χ0) is 17.4. The summed E-state index contributed by atoms with van der Waals surface area (Å²) in [7, 11) is 0. The van der Waals surface area contributed by atoms with Gasteiger partial charge in [-0.05, 0) is 63.3 Å². The molecule has 0 aliphatic carbocycles. The number of hydrogen-bond acceptors (Lipinski definition) is 2. The van der Waals surface area contributed by atoms with Gasteiger partial charge in [0.2, 0.25) is 0 Å². The van der Waals surface area contributed by atoms with Crippen LogP contribution in [0.3, 0.4) is 0 Å². The summed E-state index contributed by atoms with van der Waals surface area (Å²) < 4.78 is 2.18. The number of likely N-dealkylation sites (tertiary alicyclic amines) is 1. The quantitative estimate of drug-likeness (QED) is 0.870. The molecule has 26 heavy (non-hydrogen) atoms. The maximum Gasteiger partial charge on any atom is 0.255 e. The lowest BCUT2D eigenvalue weighted by Crippen LogP contribution is -2.44. The van der Waals surface area contributed by atoms with Crippen molar-refractivity contribution in [1.82, 2.24) is 14.8 Å². The van der Waals surface area contributed by atoms with E-state index in [1.807, 2.05) is 24.3 Å². The van der Waals surface area contributed by atoms with Crippen LogP contribution < -0.4 is 5.32 Å². The van der Waals surface area contributed by atoms with E-state index in [9.17, 15) is 4.79 Å². The molecule has 2 aliphatic rings. The van der Waals surface area contributed by atoms with E-state index in [0.717, 1.165) is 61.7 Å². The normalized spacial score (nSPS) is 18.8. The van der Waals surface area contributed by atoms with E-state index < -0.39 is 0 Å². The molecule has 0 unspecified atom stereocenters. The summed E-state index contributed by atoms with van der Waals surface area (Å²) >= 11 is 0. The van der Waals surface area contributed by atoms with E-state index in [0.29, 0.717) is 5.41 Å². The fourth-order valence-electron chi connectivity index (χ4n) is 4.53. The minimum absolute atomic E-state index is 0. The minimum atomic E-state index is 0. The molecule has 5 heteroatoms. The van der Waals surface area contributed by atoms with Crippen LogP contribution in [-0.4, -0.2) is 41.6 Å². The molecule has 0 atom stereocenters. The van der Waals surface area contributed by atoms with Gasteiger partial charge in [-0.2, -0.15) is 0 Å². The van der Waals surface area contributed by atoms with Gasteiger partial charge in [0.1, 0.15) is 0 Å². The Morgan fingerprint density at radius 2 is 1.77 bits per heavy atom. The summed E-state index contributed by atoms with van der Waals surface area (Å²) in [6.07, 6.45) is 3.52. The van der Waals surface area contributed by atoms with Crippen molar-refractivity contribution in [1.29, 1.82) is 0 Å². The van der Waals surface area contributed by atoms with Crippen LogP contribution in [0.25, 0.3) is 5.69 Å². The van der Waals surface area contributed by atoms with Crippen molar-refractivity contribution in [2.45, 2.75) is 33.1 Å². The van der Waals surface area contributed by atoms with Crippen molar-refractivity contribution in [2.75, 3.05) is 26.2 Å². The van der Waals surface area contributed by atoms with Gasteiger partial charge in [-0.15, -0.1) is 12.4 Å². The third-order valence-corrected chi connectivity index (χ3v) is 6.12. The summed E-state index contributed by atoms with van der Waals surface area (Å²) in [5.41, 5.74) is 4.56. The highest BCUT2D eigenvalue weighted by Crippen LogP contribution is 2.37. The van der Waals surface area contributed by atoms with Gasteiger partial charge in [0, 0.05) is 36.7 Å². The first-order valence-electron chi connectivity index (χ1n) is 9.34. The zero-order valence-corrected chi connectivity index (χ0v) is 16.4. The Bertz CT molecular complexity index is 768. The Hall–Kier alpha value is -1.78. The molecular formula is C21H28ClN3O. The highest BCUT2D eigenvalue weighted by Gasteiger charge is 2.38. The van der Waals surface area contributed by atoms with Crippen molar-refractivity contribution in [3.05, 3.63) is 53.3 Å². The van der Waals surface area contributed by atoms with Gasteiger partial charge in [0.05, 0.1) is 5.56 Å². The van der Waals surface area contributed by atoms with Gasteiger partial charge >= 0.3 is 0 Å². The molecule has 2 saturated heterocycles. The number of para-hydroxylation sites is 1. The van der Waals surface area contributed by atoms with Crippen LogP contribution >= 0.6 is 12.4 Å². The Balaban J connectivity index is 0.00000196. The molecule has 4 rings (SSSR count). The topological polar surface area (TPSA) is 37.3 Å². The molecule has 3 heterocycles. The van der Waals surface area contributed by atoms with E-state index in [2.05, 4.69) is 40.8 Å². The molecule has 0 saturated carbocycles. The number of halogens is 1. The average Bonchev–Trinajstić information content (AvgIpc) is 3.20. The molecule has 2 fully saturated rings.